The molecular weight excluding hydrogens is 1540 g/mol. The Morgan fingerprint density at radius 3 is 1.02 bits per heavy atom. The van der Waals surface area contributed by atoms with Crippen LogP contribution < -0.4 is 0 Å². The predicted molar refractivity (Wildman–Crippen MR) is 581 cm³/mol. The van der Waals surface area contributed by atoms with Crippen LogP contribution in [0.1, 0.15) is 332 Å². The van der Waals surface area contributed by atoms with E-state index in [1.54, 1.807) is 36.4 Å². The summed E-state index contributed by atoms with van der Waals surface area (Å²) in [5.74, 6) is 0. The lowest BCUT2D eigenvalue weighted by Gasteiger charge is -1.91. The van der Waals surface area contributed by atoms with Crippen LogP contribution in [-0.4, -0.2) is 60.0 Å². The maximum Gasteiger partial charge on any atom is 0.181 e. The van der Waals surface area contributed by atoms with Crippen LogP contribution in [-0.2, 0) is 0 Å². The largest absolute Gasteiger partial charge is 0.443 e. The molecule has 124 heavy (non-hydrogen) atoms. The van der Waals surface area contributed by atoms with Crippen molar-refractivity contribution in [3.63, 3.8) is 0 Å². The van der Waals surface area contributed by atoms with Gasteiger partial charge in [0, 0.05) is 58.7 Å². The molecule has 0 fully saturated rings. The lowest BCUT2D eigenvalue weighted by molar-refractivity contribution is 0.602. The van der Waals surface area contributed by atoms with E-state index < -0.39 is 0 Å². The molecule has 0 radical (unpaired) electrons. The normalized spacial score (nSPS) is 7.35. The molecule has 704 valence electrons. The van der Waals surface area contributed by atoms with Crippen LogP contribution in [0.4, 0.5) is 0 Å². The van der Waals surface area contributed by atoms with E-state index in [1.807, 2.05) is 551 Å². The molecule has 0 aliphatic carbocycles. The van der Waals surface area contributed by atoms with Crippen molar-refractivity contribution in [2.24, 2.45) is 0 Å². The predicted octanol–water partition coefficient (Wildman–Crippen LogP) is 39.6. The Morgan fingerprint density at radius 1 is 0.234 bits per heavy atom. The summed E-state index contributed by atoms with van der Waals surface area (Å²) in [5.41, 5.74) is 10.8. The molecule has 7 aromatic carbocycles. The average Bonchev–Trinajstić information content (AvgIpc) is 1.69. The number of H-pyrrole nitrogens is 2. The van der Waals surface area contributed by atoms with Gasteiger partial charge in [0.1, 0.15) is 11.8 Å². The van der Waals surface area contributed by atoms with Crippen molar-refractivity contribution in [1.82, 2.24) is 60.0 Å². The van der Waals surface area contributed by atoms with Gasteiger partial charge >= 0.3 is 0 Å². The number of aromatic amines is 2. The maximum atomic E-state index is 5.01. The van der Waals surface area contributed by atoms with E-state index in [2.05, 4.69) is 90.4 Å². The Balaban J connectivity index is -0.0000000718. The van der Waals surface area contributed by atoms with Gasteiger partial charge in [-0.15, -0.1) is 11.3 Å². The molecule has 0 saturated carbocycles. The second kappa shape index (κ2) is 147. The number of pyridine rings is 4. The molecule has 2 N–H and O–H groups in total. The van der Waals surface area contributed by atoms with Crippen molar-refractivity contribution in [3.05, 3.63) is 280 Å². The molecule has 16 rings (SSSR count). The number of aromatic nitrogens is 12. The maximum absolute atomic E-state index is 5.01. The standard InChI is InChI=1S/2C9H7N.2C8H6N2.2C7H6N2.C7H5NO.C7H5NS.24C2H6/c1-2-6-9-8(4-1)5-3-7-10-9;1-2-4-9-7-10-6-5-8(9)3-1;1-3-7-4-2-6-10-8(7)9-5-1;1-2-4-8-7(3-1)5-9-6-10-8;1-2-4-7-6(3-1)8-5-9-7;1-2-4-7-6(3-1)5-8-9-7;2*1-2-4-7-6(3-1)8-5-9-7;24*1-2/h2*1-7H;2*1-6H;2*1-5H,(H,8,9);2*1-5H;24*1-2H3. The number of benzene rings is 7. The smallest absolute Gasteiger partial charge is 0.181 e. The van der Waals surface area contributed by atoms with Gasteiger partial charge in [0.05, 0.1) is 55.8 Å². The summed E-state index contributed by atoms with van der Waals surface area (Å²) in [6.45, 7) is 96.0. The van der Waals surface area contributed by atoms with Gasteiger partial charge < -0.3 is 9.40 Å². The number of hydrogen-bond acceptors (Lipinski definition) is 12. The first-order valence-corrected chi connectivity index (χ1v) is 48.8. The van der Waals surface area contributed by atoms with Crippen molar-refractivity contribution < 1.29 is 4.42 Å². The average molecular weight is 1730 g/mol. The van der Waals surface area contributed by atoms with Crippen molar-refractivity contribution in [1.29, 1.82) is 0 Å². The van der Waals surface area contributed by atoms with Crippen LogP contribution in [0, 0.1) is 0 Å². The molecule has 0 amide bonds. The summed E-state index contributed by atoms with van der Waals surface area (Å²) < 4.78 is 6.27. The van der Waals surface area contributed by atoms with Crippen LogP contribution in [0.3, 0.4) is 0 Å². The van der Waals surface area contributed by atoms with E-state index in [4.69, 9.17) is 4.42 Å². The van der Waals surface area contributed by atoms with E-state index in [1.165, 1.54) is 27.3 Å². The Labute approximate surface area is 770 Å². The Bertz CT molecular complexity index is 3350. The van der Waals surface area contributed by atoms with E-state index in [0.717, 1.165) is 66.0 Å². The second-order valence-electron chi connectivity index (χ2n) is 16.1. The van der Waals surface area contributed by atoms with Gasteiger partial charge in [-0.05, 0) is 102 Å². The van der Waals surface area contributed by atoms with E-state index in [9.17, 15) is 0 Å². The number of fused-ring (bicyclic) bond motifs is 8. The van der Waals surface area contributed by atoms with E-state index >= 15 is 0 Å². The van der Waals surface area contributed by atoms with Crippen LogP contribution in [0.25, 0.3) is 86.9 Å². The highest BCUT2D eigenvalue weighted by molar-refractivity contribution is 7.16. The van der Waals surface area contributed by atoms with Crippen LogP contribution in [0.15, 0.2) is 285 Å². The highest BCUT2D eigenvalue weighted by Gasteiger charge is 1.94. The molecule has 0 spiro atoms. The molecule has 0 aliphatic heterocycles. The van der Waals surface area contributed by atoms with Gasteiger partial charge in [-0.3, -0.25) is 15.1 Å². The number of nitrogens with zero attached hydrogens (tertiary/aromatic N) is 10. The van der Waals surface area contributed by atoms with Gasteiger partial charge in [0.15, 0.2) is 17.6 Å². The van der Waals surface area contributed by atoms with Gasteiger partial charge in [0.2, 0.25) is 0 Å². The lowest BCUT2D eigenvalue weighted by atomic mass is 10.2. The molecule has 9 aromatic heterocycles. The fraction of sp³-hybridized carbons (Fsp3) is 0.436. The van der Waals surface area contributed by atoms with Gasteiger partial charge in [0.25, 0.3) is 0 Å². The van der Waals surface area contributed by atoms with Crippen LogP contribution in [0.2, 0.25) is 0 Å². The highest BCUT2D eigenvalue weighted by Crippen LogP contribution is 2.16. The number of hydrogen-bond donors (Lipinski definition) is 2. The second-order valence-corrected chi connectivity index (χ2v) is 17.0. The van der Waals surface area contributed by atoms with Gasteiger partial charge in [-0.1, -0.05) is 454 Å². The molecule has 0 bridgehead atoms. The summed E-state index contributed by atoms with van der Waals surface area (Å²) in [5, 5.41) is 13.7. The van der Waals surface area contributed by atoms with Crippen LogP contribution >= 0.6 is 11.3 Å². The third-order valence-electron chi connectivity index (χ3n) is 11.0. The number of oxazole rings is 1. The van der Waals surface area contributed by atoms with Crippen molar-refractivity contribution in [2.45, 2.75) is 332 Å². The van der Waals surface area contributed by atoms with Gasteiger partial charge in [-0.2, -0.15) is 5.10 Å². The topological polar surface area (TPSA) is 174 Å². The molecule has 0 unspecified atom stereocenters. The quantitative estimate of drug-likeness (QED) is 0.148. The molecule has 0 atom stereocenters. The number of para-hydroxylation sites is 8. The van der Waals surface area contributed by atoms with Crippen molar-refractivity contribution in [2.75, 3.05) is 0 Å². The van der Waals surface area contributed by atoms with Crippen molar-refractivity contribution >= 4 is 98.2 Å². The molecular formula is C110H192N12OS. The minimum Gasteiger partial charge on any atom is -0.443 e. The summed E-state index contributed by atoms with van der Waals surface area (Å²) in [6.07, 6.45) is 17.3. The summed E-state index contributed by atoms with van der Waals surface area (Å²) in [7, 11) is 0. The SMILES string of the molecule is CC.CC.CC.CC.CC.CC.CC.CC.CC.CC.CC.CC.CC.CC.CC.CC.CC.CC.CC.CC.CC.CC.CC.CC.c1ccc2[nH]cnc2c1.c1ccc2[nH]ncc2c1.c1ccc2cnccc2c1.c1ccc2ncccc2c1.c1ccc2ncncc2c1.c1ccc2ocnc2c1.c1ccc2scnc2c1.c1cnc2ncccc2c1. The monoisotopic (exact) mass is 1730 g/mol. The number of nitrogens with one attached hydrogen (secondary N) is 2. The molecule has 9 heterocycles. The zero-order chi connectivity index (χ0) is 99.7. The first kappa shape index (κ1) is 151. The fourth-order valence-corrected chi connectivity index (χ4v) is 7.92. The van der Waals surface area contributed by atoms with Gasteiger partial charge in [-0.25, -0.2) is 34.9 Å². The minimum absolute atomic E-state index is 0.810. The molecule has 0 saturated heterocycles. The molecule has 0 aliphatic rings. The molecule has 16 aromatic rings. The minimum atomic E-state index is 0.810. The number of imidazole rings is 1. The summed E-state index contributed by atoms with van der Waals surface area (Å²) in [6, 6.07) is 69.7. The molecule has 13 nitrogen and oxygen atoms in total. The number of rotatable bonds is 0. The third-order valence-corrected chi connectivity index (χ3v) is 11.8. The van der Waals surface area contributed by atoms with Crippen LogP contribution in [0.5, 0.6) is 0 Å². The zero-order valence-corrected chi connectivity index (χ0v) is 89.7. The Hall–Kier alpha value is -10.4. The fourth-order valence-electron chi connectivity index (χ4n) is 7.24. The highest BCUT2D eigenvalue weighted by atomic mass is 32.1. The Kier molecular flexibility index (Phi) is 179. The van der Waals surface area contributed by atoms with Crippen molar-refractivity contribution in [3.8, 4) is 0 Å². The first-order chi connectivity index (χ1) is 61.7. The van der Waals surface area contributed by atoms with E-state index in [0.29, 0.717) is 0 Å². The number of thiazole rings is 1. The zero-order valence-electron chi connectivity index (χ0n) is 88.8. The first-order valence-electron chi connectivity index (χ1n) is 48.0. The summed E-state index contributed by atoms with van der Waals surface area (Å²) in [4.78, 5) is 39.5. The van der Waals surface area contributed by atoms with E-state index in [-0.39, 0.29) is 0 Å². The molecule has 14 heteroatoms. The Morgan fingerprint density at radius 2 is 0.589 bits per heavy atom. The lowest BCUT2D eigenvalue weighted by Crippen LogP contribution is -1.78. The summed E-state index contributed by atoms with van der Waals surface area (Å²) >= 11 is 1.68. The third kappa shape index (κ3) is 81.2.